The smallest absolute Gasteiger partial charge is 0.258 e. The van der Waals surface area contributed by atoms with Crippen LogP contribution in [0.4, 0.5) is 0 Å². The van der Waals surface area contributed by atoms with Gasteiger partial charge in [0.15, 0.2) is 0 Å². The Labute approximate surface area is 195 Å². The monoisotopic (exact) mass is 462 g/mol. The van der Waals surface area contributed by atoms with Crippen molar-refractivity contribution in [1.29, 1.82) is 0 Å². The summed E-state index contributed by atoms with van der Waals surface area (Å²) in [5.41, 5.74) is 3.79. The highest BCUT2D eigenvalue weighted by Gasteiger charge is 2.35. The summed E-state index contributed by atoms with van der Waals surface area (Å²) in [7, 11) is 0. The van der Waals surface area contributed by atoms with Gasteiger partial charge in [-0.05, 0) is 44.2 Å². The number of rotatable bonds is 4. The number of amides is 1. The fraction of sp³-hybridized carbons (Fsp3) is 0.250. The van der Waals surface area contributed by atoms with Gasteiger partial charge in [0, 0.05) is 29.4 Å². The summed E-state index contributed by atoms with van der Waals surface area (Å²) >= 11 is 6.10. The SMILES string of the molecule is Cc1nn(-c2ccccc2)c(C)c1C1C(=O)NCCN1Cc1nc2cc(Cl)ccc2c(=O)[nH]1. The Morgan fingerprint density at radius 3 is 2.70 bits per heavy atom. The van der Waals surface area contributed by atoms with Crippen LogP contribution >= 0.6 is 11.6 Å². The molecule has 5 rings (SSSR count). The van der Waals surface area contributed by atoms with E-state index in [0.717, 1.165) is 22.6 Å². The lowest BCUT2D eigenvalue weighted by atomic mass is 10.00. The molecule has 2 aromatic heterocycles. The molecule has 1 atom stereocenters. The van der Waals surface area contributed by atoms with Crippen molar-refractivity contribution in [1.82, 2.24) is 30.0 Å². The number of aryl methyl sites for hydroxylation is 1. The second-order valence-electron chi connectivity index (χ2n) is 8.17. The molecule has 3 heterocycles. The zero-order chi connectivity index (χ0) is 23.1. The third-order valence-corrected chi connectivity index (χ3v) is 6.24. The number of halogens is 1. The first kappa shape index (κ1) is 21.4. The number of piperazine rings is 1. The predicted octanol–water partition coefficient (Wildman–Crippen LogP) is 3.05. The first-order valence-corrected chi connectivity index (χ1v) is 11.1. The third-order valence-electron chi connectivity index (χ3n) is 6.00. The van der Waals surface area contributed by atoms with Crippen molar-refractivity contribution in [2.45, 2.75) is 26.4 Å². The molecule has 0 spiro atoms. The van der Waals surface area contributed by atoms with Crippen molar-refractivity contribution in [2.24, 2.45) is 0 Å². The molecule has 1 unspecified atom stereocenters. The summed E-state index contributed by atoms with van der Waals surface area (Å²) in [6.07, 6.45) is 0. The standard InChI is InChI=1S/C24H23ClN6O2/c1-14-21(15(2)31(29-14)17-6-4-3-5-7-17)22-24(33)26-10-11-30(22)13-20-27-19-12-16(25)8-9-18(19)23(32)28-20/h3-9,12,22H,10-11,13H2,1-2H3,(H,26,33)(H,27,28,32). The normalized spacial score (nSPS) is 16.8. The zero-order valence-electron chi connectivity index (χ0n) is 18.3. The second kappa shape index (κ2) is 8.46. The van der Waals surface area contributed by atoms with Crippen LogP contribution in [0.15, 0.2) is 53.3 Å². The van der Waals surface area contributed by atoms with Crippen molar-refractivity contribution < 1.29 is 4.79 Å². The maximum atomic E-state index is 13.1. The molecule has 1 amide bonds. The van der Waals surface area contributed by atoms with Crippen LogP contribution in [0.1, 0.15) is 28.8 Å². The number of nitrogens with one attached hydrogen (secondary N) is 2. The number of hydrogen-bond donors (Lipinski definition) is 2. The number of benzene rings is 2. The van der Waals surface area contributed by atoms with E-state index >= 15 is 0 Å². The molecule has 0 aliphatic carbocycles. The van der Waals surface area contributed by atoms with Gasteiger partial charge in [-0.1, -0.05) is 29.8 Å². The van der Waals surface area contributed by atoms with Crippen LogP contribution in [-0.2, 0) is 11.3 Å². The summed E-state index contributed by atoms with van der Waals surface area (Å²) in [5, 5.41) is 8.68. The average Bonchev–Trinajstić information content (AvgIpc) is 3.08. The number of fused-ring (bicyclic) bond motifs is 1. The molecule has 2 N–H and O–H groups in total. The van der Waals surface area contributed by atoms with Crippen LogP contribution in [0.25, 0.3) is 16.6 Å². The van der Waals surface area contributed by atoms with Gasteiger partial charge in [-0.15, -0.1) is 0 Å². The maximum Gasteiger partial charge on any atom is 0.258 e. The van der Waals surface area contributed by atoms with Crippen LogP contribution in [0.3, 0.4) is 0 Å². The molecular formula is C24H23ClN6O2. The van der Waals surface area contributed by atoms with Crippen molar-refractivity contribution in [2.75, 3.05) is 13.1 Å². The number of nitrogens with zero attached hydrogens (tertiary/aromatic N) is 4. The zero-order valence-corrected chi connectivity index (χ0v) is 19.1. The van der Waals surface area contributed by atoms with E-state index in [9.17, 15) is 9.59 Å². The Hall–Kier alpha value is -3.49. The Morgan fingerprint density at radius 2 is 1.91 bits per heavy atom. The van der Waals surface area contributed by atoms with Crippen LogP contribution < -0.4 is 10.9 Å². The van der Waals surface area contributed by atoms with E-state index in [1.165, 1.54) is 0 Å². The van der Waals surface area contributed by atoms with Gasteiger partial charge in [-0.2, -0.15) is 5.10 Å². The van der Waals surface area contributed by atoms with Crippen LogP contribution in [0.2, 0.25) is 5.02 Å². The van der Waals surface area contributed by atoms with Gasteiger partial charge >= 0.3 is 0 Å². The highest BCUT2D eigenvalue weighted by Crippen LogP contribution is 2.31. The highest BCUT2D eigenvalue weighted by molar-refractivity contribution is 6.31. The quantitative estimate of drug-likeness (QED) is 0.486. The fourth-order valence-corrected chi connectivity index (χ4v) is 4.66. The Kier molecular flexibility index (Phi) is 5.47. The molecule has 0 bridgehead atoms. The number of carbonyl (C=O) groups excluding carboxylic acids is 1. The third kappa shape index (κ3) is 3.92. The molecular weight excluding hydrogens is 440 g/mol. The lowest BCUT2D eigenvalue weighted by molar-refractivity contribution is -0.129. The number of aromatic nitrogens is 4. The molecule has 0 radical (unpaired) electrons. The van der Waals surface area contributed by atoms with Gasteiger partial charge in [0.05, 0.1) is 28.8 Å². The van der Waals surface area contributed by atoms with E-state index in [0.29, 0.717) is 41.4 Å². The molecule has 1 fully saturated rings. The molecule has 2 aromatic carbocycles. The predicted molar refractivity (Wildman–Crippen MR) is 127 cm³/mol. The van der Waals surface area contributed by atoms with Crippen molar-refractivity contribution in [3.05, 3.63) is 86.7 Å². The van der Waals surface area contributed by atoms with Crippen LogP contribution in [0, 0.1) is 13.8 Å². The number of hydrogen-bond acceptors (Lipinski definition) is 5. The first-order chi connectivity index (χ1) is 15.9. The highest BCUT2D eigenvalue weighted by atomic mass is 35.5. The van der Waals surface area contributed by atoms with Gasteiger partial charge in [-0.25, -0.2) is 9.67 Å². The topological polar surface area (TPSA) is 95.9 Å². The molecule has 1 aliphatic heterocycles. The second-order valence-corrected chi connectivity index (χ2v) is 8.61. The molecule has 1 saturated heterocycles. The van der Waals surface area contributed by atoms with Gasteiger partial charge < -0.3 is 10.3 Å². The van der Waals surface area contributed by atoms with E-state index in [4.69, 9.17) is 16.7 Å². The van der Waals surface area contributed by atoms with E-state index in [-0.39, 0.29) is 11.5 Å². The van der Waals surface area contributed by atoms with Crippen molar-refractivity contribution >= 4 is 28.4 Å². The molecule has 0 saturated carbocycles. The number of H-pyrrole nitrogens is 1. The molecule has 168 valence electrons. The Morgan fingerprint density at radius 1 is 1.12 bits per heavy atom. The summed E-state index contributed by atoms with van der Waals surface area (Å²) in [6.45, 7) is 5.33. The Balaban J connectivity index is 1.54. The largest absolute Gasteiger partial charge is 0.353 e. The minimum atomic E-state index is -0.545. The Bertz CT molecular complexity index is 1410. The minimum Gasteiger partial charge on any atom is -0.353 e. The van der Waals surface area contributed by atoms with E-state index in [2.05, 4.69) is 15.3 Å². The van der Waals surface area contributed by atoms with Crippen LogP contribution in [0.5, 0.6) is 0 Å². The van der Waals surface area contributed by atoms with Gasteiger partial charge in [0.1, 0.15) is 11.9 Å². The molecule has 4 aromatic rings. The van der Waals surface area contributed by atoms with Crippen LogP contribution in [-0.4, -0.2) is 43.6 Å². The number of para-hydroxylation sites is 1. The summed E-state index contributed by atoms with van der Waals surface area (Å²) in [5.74, 6) is 0.395. The summed E-state index contributed by atoms with van der Waals surface area (Å²) < 4.78 is 1.86. The number of aromatic amines is 1. The van der Waals surface area contributed by atoms with E-state index in [1.807, 2.05) is 53.8 Å². The summed E-state index contributed by atoms with van der Waals surface area (Å²) in [4.78, 5) is 35.2. The molecule has 8 nitrogen and oxygen atoms in total. The fourth-order valence-electron chi connectivity index (χ4n) is 4.50. The van der Waals surface area contributed by atoms with Crippen molar-refractivity contribution in [3.63, 3.8) is 0 Å². The number of carbonyl (C=O) groups is 1. The first-order valence-electron chi connectivity index (χ1n) is 10.7. The van der Waals surface area contributed by atoms with E-state index in [1.54, 1.807) is 18.2 Å². The van der Waals surface area contributed by atoms with Gasteiger partial charge in [-0.3, -0.25) is 14.5 Å². The van der Waals surface area contributed by atoms with Crippen molar-refractivity contribution in [3.8, 4) is 5.69 Å². The minimum absolute atomic E-state index is 0.0914. The summed E-state index contributed by atoms with van der Waals surface area (Å²) in [6, 6.07) is 14.3. The maximum absolute atomic E-state index is 13.1. The van der Waals surface area contributed by atoms with Gasteiger partial charge in [0.25, 0.3) is 5.56 Å². The lowest BCUT2D eigenvalue weighted by Crippen LogP contribution is -2.50. The lowest BCUT2D eigenvalue weighted by Gasteiger charge is -2.35. The van der Waals surface area contributed by atoms with Gasteiger partial charge in [0.2, 0.25) is 5.91 Å². The average molecular weight is 463 g/mol. The molecule has 9 heteroatoms. The molecule has 1 aliphatic rings. The molecule has 33 heavy (non-hydrogen) atoms. The van der Waals surface area contributed by atoms with E-state index < -0.39 is 6.04 Å².